The molecule has 0 aromatic carbocycles. The molecule has 2 unspecified atom stereocenters. The fraction of sp³-hybridized carbons (Fsp3) is 0.714. The number of nitrogens with zero attached hydrogens (tertiary/aromatic N) is 3. The predicted octanol–water partition coefficient (Wildman–Crippen LogP) is 1.53. The number of ether oxygens (including phenoxy) is 1. The van der Waals surface area contributed by atoms with Crippen LogP contribution in [0.25, 0.3) is 0 Å². The van der Waals surface area contributed by atoms with Gasteiger partial charge in [-0.2, -0.15) is 5.10 Å². The third kappa shape index (κ3) is 3.50. The van der Waals surface area contributed by atoms with Gasteiger partial charge in [-0.1, -0.05) is 0 Å². The molecule has 20 heavy (non-hydrogen) atoms. The third-order valence-corrected chi connectivity index (χ3v) is 3.39. The maximum absolute atomic E-state index is 12.2. The lowest BCUT2D eigenvalue weighted by Gasteiger charge is -2.28. The Morgan fingerprint density at radius 3 is 2.80 bits per heavy atom. The minimum absolute atomic E-state index is 0.00314. The number of likely N-dealkylation sites (tertiary alicyclic amines) is 1. The lowest BCUT2D eigenvalue weighted by molar-refractivity contribution is 0.0209. The van der Waals surface area contributed by atoms with Gasteiger partial charge in [-0.15, -0.1) is 0 Å². The van der Waals surface area contributed by atoms with E-state index < -0.39 is 5.60 Å². The first-order valence-electron chi connectivity index (χ1n) is 7.00. The first kappa shape index (κ1) is 14.8. The van der Waals surface area contributed by atoms with Gasteiger partial charge in [0.2, 0.25) is 0 Å². The van der Waals surface area contributed by atoms with Gasteiger partial charge >= 0.3 is 6.09 Å². The SMILES string of the molecule is Cc1ccnn1CC1CC(N)CN1C(=O)OC(C)(C)C. The van der Waals surface area contributed by atoms with Gasteiger partial charge in [0.15, 0.2) is 0 Å². The molecule has 2 N–H and O–H groups in total. The van der Waals surface area contributed by atoms with Gasteiger partial charge in [-0.3, -0.25) is 4.68 Å². The molecule has 1 aliphatic rings. The monoisotopic (exact) mass is 280 g/mol. The minimum Gasteiger partial charge on any atom is -0.444 e. The van der Waals surface area contributed by atoms with Gasteiger partial charge in [0.1, 0.15) is 5.60 Å². The zero-order chi connectivity index (χ0) is 14.9. The van der Waals surface area contributed by atoms with Crippen LogP contribution in [-0.4, -0.2) is 45.0 Å². The standard InChI is InChI=1S/C14H24N4O2/c1-10-5-6-16-18(10)9-12-7-11(15)8-17(12)13(19)20-14(2,3)4/h5-6,11-12H,7-9,15H2,1-4H3. The molecule has 6 nitrogen and oxygen atoms in total. The molecular formula is C14H24N4O2. The summed E-state index contributed by atoms with van der Waals surface area (Å²) >= 11 is 0. The number of hydrogen-bond donors (Lipinski definition) is 1. The summed E-state index contributed by atoms with van der Waals surface area (Å²) < 4.78 is 7.35. The van der Waals surface area contributed by atoms with Crippen molar-refractivity contribution >= 4 is 6.09 Å². The fourth-order valence-electron chi connectivity index (χ4n) is 2.46. The first-order chi connectivity index (χ1) is 9.26. The van der Waals surface area contributed by atoms with Gasteiger partial charge < -0.3 is 15.4 Å². The number of hydrogen-bond acceptors (Lipinski definition) is 4. The van der Waals surface area contributed by atoms with Crippen LogP contribution >= 0.6 is 0 Å². The van der Waals surface area contributed by atoms with Crippen molar-refractivity contribution in [2.45, 2.75) is 58.3 Å². The van der Waals surface area contributed by atoms with Crippen molar-refractivity contribution in [3.05, 3.63) is 18.0 Å². The van der Waals surface area contributed by atoms with Crippen molar-refractivity contribution in [3.8, 4) is 0 Å². The summed E-state index contributed by atoms with van der Waals surface area (Å²) in [5.74, 6) is 0. The number of aromatic nitrogens is 2. The normalized spacial score (nSPS) is 23.1. The number of carbonyl (C=O) groups excluding carboxylic acids is 1. The first-order valence-corrected chi connectivity index (χ1v) is 7.00. The van der Waals surface area contributed by atoms with Gasteiger partial charge in [-0.05, 0) is 40.2 Å². The summed E-state index contributed by atoms with van der Waals surface area (Å²) in [4.78, 5) is 14.0. The Hall–Kier alpha value is -1.56. The lowest BCUT2D eigenvalue weighted by atomic mass is 10.2. The van der Waals surface area contributed by atoms with E-state index in [1.165, 1.54) is 0 Å². The molecule has 112 valence electrons. The molecule has 2 heterocycles. The largest absolute Gasteiger partial charge is 0.444 e. The highest BCUT2D eigenvalue weighted by Crippen LogP contribution is 2.21. The average Bonchev–Trinajstić information content (AvgIpc) is 2.84. The summed E-state index contributed by atoms with van der Waals surface area (Å²) in [5.41, 5.74) is 6.59. The zero-order valence-electron chi connectivity index (χ0n) is 12.7. The Balaban J connectivity index is 2.07. The molecule has 0 spiro atoms. The molecule has 1 aliphatic heterocycles. The van der Waals surface area contributed by atoms with Crippen molar-refractivity contribution in [2.75, 3.05) is 6.54 Å². The second kappa shape index (κ2) is 5.44. The van der Waals surface area contributed by atoms with Crippen molar-refractivity contribution in [1.29, 1.82) is 0 Å². The Morgan fingerprint density at radius 1 is 1.55 bits per heavy atom. The molecule has 2 atom stereocenters. The van der Waals surface area contributed by atoms with Crippen molar-refractivity contribution in [2.24, 2.45) is 5.73 Å². The fourth-order valence-corrected chi connectivity index (χ4v) is 2.46. The van der Waals surface area contributed by atoms with Crippen LogP contribution < -0.4 is 5.73 Å². The van der Waals surface area contributed by atoms with Gasteiger partial charge in [-0.25, -0.2) is 4.79 Å². The number of rotatable bonds is 2. The molecule has 1 aromatic rings. The number of aryl methyl sites for hydroxylation is 1. The van der Waals surface area contributed by atoms with Crippen LogP contribution in [0.15, 0.2) is 12.3 Å². The van der Waals surface area contributed by atoms with E-state index in [0.717, 1.165) is 12.1 Å². The summed E-state index contributed by atoms with van der Waals surface area (Å²) in [6.45, 7) is 8.81. The number of carbonyl (C=O) groups is 1. The highest BCUT2D eigenvalue weighted by molar-refractivity contribution is 5.69. The van der Waals surface area contributed by atoms with Crippen LogP contribution in [-0.2, 0) is 11.3 Å². The van der Waals surface area contributed by atoms with Crippen molar-refractivity contribution in [3.63, 3.8) is 0 Å². The smallest absolute Gasteiger partial charge is 0.410 e. The summed E-state index contributed by atoms with van der Waals surface area (Å²) in [5, 5.41) is 4.27. The molecule has 1 saturated heterocycles. The molecule has 0 bridgehead atoms. The van der Waals surface area contributed by atoms with Crippen molar-refractivity contribution in [1.82, 2.24) is 14.7 Å². The van der Waals surface area contributed by atoms with E-state index in [1.54, 1.807) is 11.1 Å². The summed E-state index contributed by atoms with van der Waals surface area (Å²) in [6.07, 6.45) is 2.25. The summed E-state index contributed by atoms with van der Waals surface area (Å²) in [6, 6.07) is 1.99. The Kier molecular flexibility index (Phi) is 4.04. The predicted molar refractivity (Wildman–Crippen MR) is 76.3 cm³/mol. The average molecular weight is 280 g/mol. The Morgan fingerprint density at radius 2 is 2.25 bits per heavy atom. The van der Waals surface area contributed by atoms with Crippen LogP contribution in [0.3, 0.4) is 0 Å². The number of nitrogens with two attached hydrogens (primary N) is 1. The third-order valence-electron chi connectivity index (χ3n) is 3.39. The summed E-state index contributed by atoms with van der Waals surface area (Å²) in [7, 11) is 0. The van der Waals surface area contributed by atoms with E-state index in [1.807, 2.05) is 38.4 Å². The minimum atomic E-state index is -0.490. The maximum atomic E-state index is 12.2. The van der Waals surface area contributed by atoms with Crippen molar-refractivity contribution < 1.29 is 9.53 Å². The van der Waals surface area contributed by atoms with Crippen LogP contribution in [0.4, 0.5) is 4.79 Å². The maximum Gasteiger partial charge on any atom is 0.410 e. The van der Waals surface area contributed by atoms with Gasteiger partial charge in [0, 0.05) is 24.5 Å². The molecular weight excluding hydrogens is 256 g/mol. The van der Waals surface area contributed by atoms with E-state index in [2.05, 4.69) is 5.10 Å². The van der Waals surface area contributed by atoms with E-state index >= 15 is 0 Å². The zero-order valence-corrected chi connectivity index (χ0v) is 12.7. The Bertz CT molecular complexity index is 478. The van der Waals surface area contributed by atoms with Crippen LogP contribution in [0.5, 0.6) is 0 Å². The highest BCUT2D eigenvalue weighted by atomic mass is 16.6. The van der Waals surface area contributed by atoms with Crippen LogP contribution in [0.2, 0.25) is 0 Å². The van der Waals surface area contributed by atoms with Gasteiger partial charge in [0.25, 0.3) is 0 Å². The lowest BCUT2D eigenvalue weighted by Crippen LogP contribution is -2.42. The highest BCUT2D eigenvalue weighted by Gasteiger charge is 2.36. The van der Waals surface area contributed by atoms with E-state index in [9.17, 15) is 4.79 Å². The topological polar surface area (TPSA) is 73.4 Å². The molecule has 6 heteroatoms. The van der Waals surface area contributed by atoms with E-state index in [-0.39, 0.29) is 18.2 Å². The molecule has 0 aliphatic carbocycles. The molecule has 2 rings (SSSR count). The second-order valence-corrected chi connectivity index (χ2v) is 6.44. The van der Waals surface area contributed by atoms with Gasteiger partial charge in [0.05, 0.1) is 12.6 Å². The molecule has 1 aromatic heterocycles. The quantitative estimate of drug-likeness (QED) is 0.891. The van der Waals surface area contributed by atoms with E-state index in [0.29, 0.717) is 13.1 Å². The van der Waals surface area contributed by atoms with E-state index in [4.69, 9.17) is 10.5 Å². The Labute approximate surface area is 119 Å². The molecule has 1 fully saturated rings. The second-order valence-electron chi connectivity index (χ2n) is 6.44. The molecule has 0 saturated carbocycles. The molecule has 0 radical (unpaired) electrons. The molecule has 1 amide bonds. The van der Waals surface area contributed by atoms with Crippen LogP contribution in [0, 0.1) is 6.92 Å². The van der Waals surface area contributed by atoms with Crippen LogP contribution in [0.1, 0.15) is 32.9 Å². The number of amides is 1.